The summed E-state index contributed by atoms with van der Waals surface area (Å²) in [5.41, 5.74) is 0.590. The summed E-state index contributed by atoms with van der Waals surface area (Å²) in [6.45, 7) is 0. The first-order valence-electron chi connectivity index (χ1n) is 6.81. The van der Waals surface area contributed by atoms with Gasteiger partial charge in [0.1, 0.15) is 6.10 Å². The minimum Gasteiger partial charge on any atom is -0.457 e. The van der Waals surface area contributed by atoms with Crippen molar-refractivity contribution in [3.8, 4) is 0 Å². The van der Waals surface area contributed by atoms with Crippen LogP contribution in [0.2, 0.25) is 0 Å². The van der Waals surface area contributed by atoms with Crippen molar-refractivity contribution in [1.29, 1.82) is 0 Å². The van der Waals surface area contributed by atoms with E-state index in [1.807, 2.05) is 18.2 Å². The number of benzene rings is 1. The third-order valence-electron chi connectivity index (χ3n) is 4.36. The summed E-state index contributed by atoms with van der Waals surface area (Å²) < 4.78 is 5.64. The number of piperidine rings is 1. The highest BCUT2D eigenvalue weighted by molar-refractivity contribution is 5.89. The molecule has 2 saturated heterocycles. The molecular weight excluding hydrogens is 242 g/mol. The van der Waals surface area contributed by atoms with Crippen molar-refractivity contribution in [2.45, 2.75) is 43.6 Å². The Morgan fingerprint density at radius 1 is 1.26 bits per heavy atom. The summed E-state index contributed by atoms with van der Waals surface area (Å²) in [5, 5.41) is 9.81. The van der Waals surface area contributed by atoms with Crippen LogP contribution in [0, 0.1) is 0 Å². The van der Waals surface area contributed by atoms with Gasteiger partial charge in [-0.2, -0.15) is 0 Å². The predicted molar refractivity (Wildman–Crippen MR) is 70.8 cm³/mol. The molecule has 2 fully saturated rings. The Morgan fingerprint density at radius 3 is 2.74 bits per heavy atom. The molecule has 0 spiro atoms. The van der Waals surface area contributed by atoms with E-state index in [-0.39, 0.29) is 24.2 Å². The number of rotatable bonds is 2. The fraction of sp³-hybridized carbons (Fsp3) is 0.533. The molecule has 1 aromatic rings. The number of carbonyl (C=O) groups is 1. The van der Waals surface area contributed by atoms with Crippen molar-refractivity contribution in [1.82, 2.24) is 4.90 Å². The van der Waals surface area contributed by atoms with Gasteiger partial charge < -0.3 is 9.84 Å². The molecule has 4 atom stereocenters. The van der Waals surface area contributed by atoms with Gasteiger partial charge in [-0.05, 0) is 32.0 Å². The van der Waals surface area contributed by atoms with Gasteiger partial charge in [0.2, 0.25) is 0 Å². The third kappa shape index (κ3) is 2.38. The number of ether oxygens (including phenoxy) is 1. The van der Waals surface area contributed by atoms with Gasteiger partial charge in [0.25, 0.3) is 0 Å². The second-order valence-electron chi connectivity index (χ2n) is 5.56. The molecular formula is C15H19NO3. The Bertz CT molecular complexity index is 462. The van der Waals surface area contributed by atoms with Crippen molar-refractivity contribution in [2.75, 3.05) is 7.05 Å². The van der Waals surface area contributed by atoms with Crippen molar-refractivity contribution < 1.29 is 14.6 Å². The topological polar surface area (TPSA) is 49.8 Å². The van der Waals surface area contributed by atoms with E-state index < -0.39 is 0 Å². The smallest absolute Gasteiger partial charge is 0.338 e. The molecule has 0 aromatic heterocycles. The molecule has 2 bridgehead atoms. The molecule has 0 aliphatic carbocycles. The second kappa shape index (κ2) is 4.94. The minimum absolute atomic E-state index is 0.0974. The third-order valence-corrected chi connectivity index (χ3v) is 4.36. The average Bonchev–Trinajstić information content (AvgIpc) is 2.60. The normalized spacial score (nSPS) is 34.2. The fourth-order valence-electron chi connectivity index (χ4n) is 3.30. The van der Waals surface area contributed by atoms with Gasteiger partial charge in [-0.1, -0.05) is 18.2 Å². The van der Waals surface area contributed by atoms with Crippen molar-refractivity contribution >= 4 is 5.97 Å². The Morgan fingerprint density at radius 2 is 2.00 bits per heavy atom. The predicted octanol–water partition coefficient (Wildman–Crippen LogP) is 1.44. The Kier molecular flexibility index (Phi) is 3.29. The number of likely N-dealkylation sites (N-methyl/N-ethyl adjacent to an activating group) is 1. The molecule has 1 aromatic carbocycles. The largest absolute Gasteiger partial charge is 0.457 e. The van der Waals surface area contributed by atoms with Crippen LogP contribution in [0.15, 0.2) is 30.3 Å². The lowest BCUT2D eigenvalue weighted by Crippen LogP contribution is -2.44. The number of aliphatic hydroxyl groups excluding tert-OH is 1. The van der Waals surface area contributed by atoms with Crippen molar-refractivity contribution in [2.24, 2.45) is 0 Å². The van der Waals surface area contributed by atoms with E-state index in [1.54, 1.807) is 12.1 Å². The van der Waals surface area contributed by atoms with Crippen LogP contribution in [0.5, 0.6) is 0 Å². The van der Waals surface area contributed by atoms with E-state index >= 15 is 0 Å². The van der Waals surface area contributed by atoms with Gasteiger partial charge in [0, 0.05) is 18.5 Å². The maximum absolute atomic E-state index is 12.1. The van der Waals surface area contributed by atoms with Crippen molar-refractivity contribution in [3.05, 3.63) is 35.9 Å². The molecule has 0 saturated carbocycles. The molecule has 19 heavy (non-hydrogen) atoms. The van der Waals surface area contributed by atoms with E-state index in [1.165, 1.54) is 0 Å². The first kappa shape index (κ1) is 12.6. The number of carbonyl (C=O) groups excluding carboxylic acids is 1. The van der Waals surface area contributed by atoms with Crippen molar-refractivity contribution in [3.63, 3.8) is 0 Å². The molecule has 2 heterocycles. The average molecular weight is 261 g/mol. The summed E-state index contributed by atoms with van der Waals surface area (Å²) in [6.07, 6.45) is 1.95. The number of hydrogen-bond donors (Lipinski definition) is 1. The van der Waals surface area contributed by atoms with E-state index in [9.17, 15) is 9.90 Å². The van der Waals surface area contributed by atoms with Crippen LogP contribution >= 0.6 is 0 Å². The standard InChI is InChI=1S/C15H19NO3/c1-16-11-7-12(17)9-13(16)14(8-11)19-15(18)10-5-3-2-4-6-10/h2-6,11-14,17H,7-9H2,1H3/t11?,12-,13?,14-/m0/s1. The van der Waals surface area contributed by atoms with E-state index in [2.05, 4.69) is 11.9 Å². The van der Waals surface area contributed by atoms with Gasteiger partial charge >= 0.3 is 5.97 Å². The minimum atomic E-state index is -0.263. The summed E-state index contributed by atoms with van der Waals surface area (Å²) in [6, 6.07) is 9.57. The number of hydrogen-bond acceptors (Lipinski definition) is 4. The highest BCUT2D eigenvalue weighted by atomic mass is 16.5. The van der Waals surface area contributed by atoms with Crippen LogP contribution in [0.3, 0.4) is 0 Å². The molecule has 102 valence electrons. The molecule has 2 unspecified atom stereocenters. The summed E-state index contributed by atoms with van der Waals surface area (Å²) in [4.78, 5) is 14.3. The van der Waals surface area contributed by atoms with Gasteiger partial charge in [-0.15, -0.1) is 0 Å². The van der Waals surface area contributed by atoms with E-state index in [0.717, 1.165) is 12.8 Å². The van der Waals surface area contributed by atoms with Crippen LogP contribution in [0.25, 0.3) is 0 Å². The van der Waals surface area contributed by atoms with Gasteiger partial charge in [-0.25, -0.2) is 4.79 Å². The second-order valence-corrected chi connectivity index (χ2v) is 5.56. The maximum Gasteiger partial charge on any atom is 0.338 e. The van der Waals surface area contributed by atoms with Gasteiger partial charge in [0.05, 0.1) is 11.7 Å². The first-order chi connectivity index (χ1) is 9.15. The van der Waals surface area contributed by atoms with Gasteiger partial charge in [0.15, 0.2) is 0 Å². The van der Waals surface area contributed by atoms with Crippen LogP contribution in [0.1, 0.15) is 29.6 Å². The summed E-state index contributed by atoms with van der Waals surface area (Å²) in [7, 11) is 2.05. The zero-order chi connectivity index (χ0) is 13.4. The molecule has 4 heteroatoms. The zero-order valence-electron chi connectivity index (χ0n) is 11.0. The number of esters is 1. The number of fused-ring (bicyclic) bond motifs is 2. The monoisotopic (exact) mass is 261 g/mol. The quantitative estimate of drug-likeness (QED) is 0.818. The van der Waals surface area contributed by atoms with Crippen LogP contribution in [-0.2, 0) is 4.74 Å². The highest BCUT2D eigenvalue weighted by Crippen LogP contribution is 2.36. The SMILES string of the molecule is CN1C2C[C@H](O)CC1[C@@H](OC(=O)c1ccccc1)C2. The molecule has 2 aliphatic rings. The van der Waals surface area contributed by atoms with E-state index in [4.69, 9.17) is 4.74 Å². The molecule has 0 radical (unpaired) electrons. The fourth-order valence-corrected chi connectivity index (χ4v) is 3.30. The summed E-state index contributed by atoms with van der Waals surface area (Å²) >= 11 is 0. The molecule has 2 aliphatic heterocycles. The van der Waals surface area contributed by atoms with E-state index in [0.29, 0.717) is 18.0 Å². The Hall–Kier alpha value is -1.39. The lowest BCUT2D eigenvalue weighted by atomic mass is 10.0. The highest BCUT2D eigenvalue weighted by Gasteiger charge is 2.46. The molecule has 3 rings (SSSR count). The number of aliphatic hydroxyl groups is 1. The Balaban J connectivity index is 1.70. The molecule has 4 nitrogen and oxygen atoms in total. The maximum atomic E-state index is 12.1. The molecule has 0 amide bonds. The zero-order valence-corrected chi connectivity index (χ0v) is 11.0. The van der Waals surface area contributed by atoms with Crippen LogP contribution in [0.4, 0.5) is 0 Å². The summed E-state index contributed by atoms with van der Waals surface area (Å²) in [5.74, 6) is -0.263. The Labute approximate surface area is 113 Å². The molecule has 1 N–H and O–H groups in total. The van der Waals surface area contributed by atoms with Crippen LogP contribution in [-0.4, -0.2) is 47.3 Å². The van der Waals surface area contributed by atoms with Crippen LogP contribution < -0.4 is 0 Å². The first-order valence-corrected chi connectivity index (χ1v) is 6.81. The van der Waals surface area contributed by atoms with Gasteiger partial charge in [-0.3, -0.25) is 4.90 Å². The number of nitrogens with zero attached hydrogens (tertiary/aromatic N) is 1. The lowest BCUT2D eigenvalue weighted by Gasteiger charge is -2.34. The lowest BCUT2D eigenvalue weighted by molar-refractivity contribution is 0.00336.